The van der Waals surface area contributed by atoms with E-state index in [9.17, 15) is 0 Å². The predicted octanol–water partition coefficient (Wildman–Crippen LogP) is 2.78. The number of thioether (sulfide) groups is 1. The lowest BCUT2D eigenvalue weighted by molar-refractivity contribution is 0.341. The molecule has 0 saturated heterocycles. The van der Waals surface area contributed by atoms with Crippen molar-refractivity contribution < 1.29 is 4.74 Å². The van der Waals surface area contributed by atoms with Crippen molar-refractivity contribution in [2.24, 2.45) is 0 Å². The SMILES string of the molecule is CCOc1cccc(SCC)c1N. The second kappa shape index (κ2) is 5.02. The lowest BCUT2D eigenvalue weighted by Gasteiger charge is -2.09. The lowest BCUT2D eigenvalue weighted by Crippen LogP contribution is -1.97. The van der Waals surface area contributed by atoms with Crippen LogP contribution in [0.4, 0.5) is 5.69 Å². The number of nitrogen functional groups attached to an aromatic ring is 1. The third kappa shape index (κ3) is 2.56. The van der Waals surface area contributed by atoms with E-state index in [0.717, 1.165) is 22.1 Å². The molecule has 1 aromatic carbocycles. The Balaban J connectivity index is 2.89. The van der Waals surface area contributed by atoms with Gasteiger partial charge in [-0.2, -0.15) is 0 Å². The van der Waals surface area contributed by atoms with Gasteiger partial charge in [-0.3, -0.25) is 0 Å². The first-order valence-corrected chi connectivity index (χ1v) is 5.42. The average molecular weight is 197 g/mol. The van der Waals surface area contributed by atoms with Gasteiger partial charge in [0.25, 0.3) is 0 Å². The van der Waals surface area contributed by atoms with Crippen LogP contribution in [0.15, 0.2) is 23.1 Å². The normalized spacial score (nSPS) is 10.0. The summed E-state index contributed by atoms with van der Waals surface area (Å²) in [4.78, 5) is 1.11. The largest absolute Gasteiger partial charge is 0.492 e. The highest BCUT2D eigenvalue weighted by atomic mass is 32.2. The van der Waals surface area contributed by atoms with E-state index in [1.54, 1.807) is 11.8 Å². The first kappa shape index (κ1) is 10.3. The minimum Gasteiger partial charge on any atom is -0.492 e. The molecule has 0 fully saturated rings. The predicted molar refractivity (Wildman–Crippen MR) is 58.4 cm³/mol. The molecule has 2 N–H and O–H groups in total. The van der Waals surface area contributed by atoms with Crippen LogP contribution < -0.4 is 10.5 Å². The second-order valence-corrected chi connectivity index (χ2v) is 3.84. The minimum absolute atomic E-state index is 0.657. The molecule has 0 aliphatic heterocycles. The molecule has 0 heterocycles. The molecule has 0 amide bonds. The standard InChI is InChI=1S/C10H15NOS/c1-3-12-8-6-5-7-9(10(8)11)13-4-2/h5-7H,3-4,11H2,1-2H3. The molecule has 0 bridgehead atoms. The van der Waals surface area contributed by atoms with Gasteiger partial charge >= 0.3 is 0 Å². The summed E-state index contributed by atoms with van der Waals surface area (Å²) >= 11 is 1.74. The van der Waals surface area contributed by atoms with Crippen LogP contribution in [0.1, 0.15) is 13.8 Å². The van der Waals surface area contributed by atoms with Crippen molar-refractivity contribution in [2.45, 2.75) is 18.7 Å². The molecule has 0 atom stereocenters. The van der Waals surface area contributed by atoms with E-state index >= 15 is 0 Å². The molecule has 1 rings (SSSR count). The van der Waals surface area contributed by atoms with Crippen molar-refractivity contribution >= 4 is 17.4 Å². The van der Waals surface area contributed by atoms with Crippen LogP contribution in [0, 0.1) is 0 Å². The van der Waals surface area contributed by atoms with E-state index < -0.39 is 0 Å². The molecule has 0 aliphatic rings. The molecule has 1 aromatic rings. The van der Waals surface area contributed by atoms with E-state index in [0.29, 0.717) is 6.61 Å². The summed E-state index contributed by atoms with van der Waals surface area (Å²) in [6.45, 7) is 4.72. The second-order valence-electron chi connectivity index (χ2n) is 2.53. The third-order valence-electron chi connectivity index (χ3n) is 1.63. The topological polar surface area (TPSA) is 35.2 Å². The van der Waals surface area contributed by atoms with Crippen LogP contribution in [0.25, 0.3) is 0 Å². The summed E-state index contributed by atoms with van der Waals surface area (Å²) < 4.78 is 5.39. The van der Waals surface area contributed by atoms with Crippen molar-refractivity contribution in [2.75, 3.05) is 18.1 Å². The number of hydrogen-bond donors (Lipinski definition) is 1. The van der Waals surface area contributed by atoms with Gasteiger partial charge in [-0.15, -0.1) is 11.8 Å². The maximum absolute atomic E-state index is 5.91. The fourth-order valence-corrected chi connectivity index (χ4v) is 1.83. The summed E-state index contributed by atoms with van der Waals surface area (Å²) in [7, 11) is 0. The van der Waals surface area contributed by atoms with Crippen LogP contribution in [0.3, 0.4) is 0 Å². The molecule has 0 unspecified atom stereocenters. The van der Waals surface area contributed by atoms with Gasteiger partial charge in [0, 0.05) is 4.90 Å². The number of ether oxygens (including phenoxy) is 1. The molecule has 0 spiro atoms. The van der Waals surface area contributed by atoms with Crippen molar-refractivity contribution in [1.82, 2.24) is 0 Å². The van der Waals surface area contributed by atoms with Gasteiger partial charge in [0.15, 0.2) is 0 Å². The first-order chi connectivity index (χ1) is 6.29. The zero-order chi connectivity index (χ0) is 9.68. The third-order valence-corrected chi connectivity index (χ3v) is 2.58. The Morgan fingerprint density at radius 3 is 2.77 bits per heavy atom. The van der Waals surface area contributed by atoms with Crippen molar-refractivity contribution in [3.63, 3.8) is 0 Å². The van der Waals surface area contributed by atoms with E-state index in [1.807, 2.05) is 25.1 Å². The number of rotatable bonds is 4. The summed E-state index contributed by atoms with van der Waals surface area (Å²) in [6.07, 6.45) is 0. The Bertz CT molecular complexity index is 251. The molecule has 0 aliphatic carbocycles. The maximum atomic E-state index is 5.91. The van der Waals surface area contributed by atoms with Gasteiger partial charge in [0.1, 0.15) is 5.75 Å². The summed E-state index contributed by atoms with van der Waals surface area (Å²) in [6, 6.07) is 5.89. The fraction of sp³-hybridized carbons (Fsp3) is 0.400. The van der Waals surface area contributed by atoms with Crippen LogP contribution in [0.5, 0.6) is 5.75 Å². The zero-order valence-corrected chi connectivity index (χ0v) is 8.86. The van der Waals surface area contributed by atoms with Gasteiger partial charge < -0.3 is 10.5 Å². The summed E-state index contributed by atoms with van der Waals surface area (Å²) in [5.74, 6) is 1.82. The number of anilines is 1. The molecular weight excluding hydrogens is 182 g/mol. The highest BCUT2D eigenvalue weighted by Crippen LogP contribution is 2.32. The number of benzene rings is 1. The fourth-order valence-electron chi connectivity index (χ4n) is 1.09. The molecule has 0 radical (unpaired) electrons. The van der Waals surface area contributed by atoms with Crippen LogP contribution in [-0.4, -0.2) is 12.4 Å². The van der Waals surface area contributed by atoms with Crippen molar-refractivity contribution in [3.8, 4) is 5.75 Å². The Morgan fingerprint density at radius 2 is 2.15 bits per heavy atom. The van der Waals surface area contributed by atoms with E-state index in [1.165, 1.54) is 0 Å². The van der Waals surface area contributed by atoms with Gasteiger partial charge in [0.05, 0.1) is 12.3 Å². The minimum atomic E-state index is 0.657. The monoisotopic (exact) mass is 197 g/mol. The molecule has 72 valence electrons. The zero-order valence-electron chi connectivity index (χ0n) is 8.04. The molecule has 2 nitrogen and oxygen atoms in total. The lowest BCUT2D eigenvalue weighted by atomic mass is 10.3. The van der Waals surface area contributed by atoms with Crippen molar-refractivity contribution in [3.05, 3.63) is 18.2 Å². The molecule has 13 heavy (non-hydrogen) atoms. The Hall–Kier alpha value is -0.830. The van der Waals surface area contributed by atoms with Crippen LogP contribution >= 0.6 is 11.8 Å². The smallest absolute Gasteiger partial charge is 0.143 e. The van der Waals surface area contributed by atoms with Gasteiger partial charge in [-0.25, -0.2) is 0 Å². The highest BCUT2D eigenvalue weighted by Gasteiger charge is 2.04. The molecule has 3 heteroatoms. The Kier molecular flexibility index (Phi) is 3.96. The quantitative estimate of drug-likeness (QED) is 0.595. The van der Waals surface area contributed by atoms with Gasteiger partial charge in [0.2, 0.25) is 0 Å². The number of hydrogen-bond acceptors (Lipinski definition) is 3. The van der Waals surface area contributed by atoms with Gasteiger partial charge in [-0.1, -0.05) is 13.0 Å². The average Bonchev–Trinajstić information content (AvgIpc) is 2.13. The van der Waals surface area contributed by atoms with Crippen LogP contribution in [0.2, 0.25) is 0 Å². The molecule has 0 saturated carbocycles. The summed E-state index contributed by atoms with van der Waals surface area (Å²) in [5.41, 5.74) is 6.67. The Labute approximate surface area is 83.5 Å². The molecule has 0 aromatic heterocycles. The number of para-hydroxylation sites is 1. The van der Waals surface area contributed by atoms with Gasteiger partial charge in [-0.05, 0) is 24.8 Å². The maximum Gasteiger partial charge on any atom is 0.143 e. The summed E-state index contributed by atoms with van der Waals surface area (Å²) in [5, 5.41) is 0. The van der Waals surface area contributed by atoms with Crippen LogP contribution in [-0.2, 0) is 0 Å². The van der Waals surface area contributed by atoms with E-state index in [-0.39, 0.29) is 0 Å². The van der Waals surface area contributed by atoms with E-state index in [2.05, 4.69) is 6.92 Å². The first-order valence-electron chi connectivity index (χ1n) is 4.43. The Morgan fingerprint density at radius 1 is 1.38 bits per heavy atom. The van der Waals surface area contributed by atoms with Crippen molar-refractivity contribution in [1.29, 1.82) is 0 Å². The van der Waals surface area contributed by atoms with E-state index in [4.69, 9.17) is 10.5 Å². The molecular formula is C10H15NOS. The number of nitrogens with two attached hydrogens (primary N) is 1. The highest BCUT2D eigenvalue weighted by molar-refractivity contribution is 7.99.